The second kappa shape index (κ2) is 9.50. The monoisotopic (exact) mass is 562 g/mol. The molecule has 2 aliphatic heterocycles. The van der Waals surface area contributed by atoms with Gasteiger partial charge in [0.15, 0.2) is 17.3 Å². The van der Waals surface area contributed by atoms with Crippen molar-refractivity contribution in [3.63, 3.8) is 0 Å². The molecule has 2 aliphatic rings. The Bertz CT molecular complexity index is 1500. The van der Waals surface area contributed by atoms with Gasteiger partial charge in [-0.15, -0.1) is 21.5 Å². The molecule has 1 amide bonds. The van der Waals surface area contributed by atoms with E-state index in [-0.39, 0.29) is 35.3 Å². The highest BCUT2D eigenvalue weighted by atomic mass is 32.2. The molecule has 4 aromatic rings. The van der Waals surface area contributed by atoms with Crippen LogP contribution in [0.1, 0.15) is 27.7 Å². The zero-order valence-corrected chi connectivity index (χ0v) is 20.9. The SMILES string of the molecule is O=C(c1ccc(N(Cc2ccc(-c3noc(C(F)(F)F)n3)s2)c2cnccn2)nn1)N1C[C@@H]2C[C@H]1C[S@@]2=O. The minimum absolute atomic E-state index is 0.0199. The third-order valence-electron chi connectivity index (χ3n) is 6.20. The van der Waals surface area contributed by atoms with Gasteiger partial charge in [0, 0.05) is 46.4 Å². The molecule has 0 aromatic carbocycles. The van der Waals surface area contributed by atoms with Crippen molar-refractivity contribution in [3.05, 3.63) is 59.3 Å². The van der Waals surface area contributed by atoms with Crippen LogP contribution in [0, 0.1) is 0 Å². The minimum Gasteiger partial charge on any atom is -0.332 e. The first-order chi connectivity index (χ1) is 18.3. The quantitative estimate of drug-likeness (QED) is 0.345. The van der Waals surface area contributed by atoms with Gasteiger partial charge >= 0.3 is 12.1 Å². The van der Waals surface area contributed by atoms with Crippen molar-refractivity contribution < 1.29 is 26.7 Å². The Morgan fingerprint density at radius 2 is 2.05 bits per heavy atom. The number of aromatic nitrogens is 6. The maximum absolute atomic E-state index is 13.0. The maximum Gasteiger partial charge on any atom is 0.471 e. The fraction of sp³-hybridized carbons (Fsp3) is 0.318. The van der Waals surface area contributed by atoms with Gasteiger partial charge in [-0.1, -0.05) is 5.16 Å². The van der Waals surface area contributed by atoms with E-state index in [0.717, 1.165) is 11.3 Å². The summed E-state index contributed by atoms with van der Waals surface area (Å²) in [7, 11) is -0.880. The Kier molecular flexibility index (Phi) is 6.14. The molecule has 0 radical (unpaired) electrons. The molecule has 0 unspecified atom stereocenters. The van der Waals surface area contributed by atoms with Crippen molar-refractivity contribution in [3.8, 4) is 10.7 Å². The van der Waals surface area contributed by atoms with E-state index in [4.69, 9.17) is 0 Å². The Balaban J connectivity index is 1.23. The Morgan fingerprint density at radius 3 is 2.68 bits per heavy atom. The molecule has 6 heterocycles. The summed E-state index contributed by atoms with van der Waals surface area (Å²) >= 11 is 1.18. The number of nitrogens with zero attached hydrogens (tertiary/aromatic N) is 8. The van der Waals surface area contributed by atoms with Crippen LogP contribution >= 0.6 is 11.3 Å². The molecule has 2 fully saturated rings. The Morgan fingerprint density at radius 1 is 1.18 bits per heavy atom. The van der Waals surface area contributed by atoms with Crippen molar-refractivity contribution in [2.45, 2.75) is 30.4 Å². The summed E-state index contributed by atoms with van der Waals surface area (Å²) in [6, 6.07) is 6.51. The summed E-state index contributed by atoms with van der Waals surface area (Å²) in [5.41, 5.74) is 0.183. The summed E-state index contributed by atoms with van der Waals surface area (Å²) < 4.78 is 54.8. The van der Waals surface area contributed by atoms with Gasteiger partial charge in [-0.25, -0.2) is 4.98 Å². The molecule has 0 spiro atoms. The van der Waals surface area contributed by atoms with Gasteiger partial charge in [0.05, 0.1) is 22.9 Å². The van der Waals surface area contributed by atoms with Crippen LogP contribution in [0.3, 0.4) is 0 Å². The number of thiophene rings is 1. The molecule has 2 saturated heterocycles. The van der Waals surface area contributed by atoms with Crippen LogP contribution in [-0.2, 0) is 23.5 Å². The van der Waals surface area contributed by atoms with Gasteiger partial charge in [0.25, 0.3) is 5.91 Å². The average Bonchev–Trinajstić information content (AvgIpc) is 3.71. The lowest BCUT2D eigenvalue weighted by Gasteiger charge is -2.26. The highest BCUT2D eigenvalue weighted by molar-refractivity contribution is 7.86. The molecule has 196 valence electrons. The number of likely N-dealkylation sites (tertiary alicyclic amines) is 1. The van der Waals surface area contributed by atoms with Crippen molar-refractivity contribution in [2.75, 3.05) is 17.2 Å². The predicted octanol–water partition coefficient (Wildman–Crippen LogP) is 3.08. The van der Waals surface area contributed by atoms with Crippen LogP contribution in [0.4, 0.5) is 24.8 Å². The number of carbonyl (C=O) groups is 1. The number of fused-ring (bicyclic) bond motifs is 2. The number of amides is 1. The van der Waals surface area contributed by atoms with Crippen molar-refractivity contribution in [1.29, 1.82) is 0 Å². The second-order valence-corrected chi connectivity index (χ2v) is 11.6. The molecule has 0 saturated carbocycles. The zero-order valence-electron chi connectivity index (χ0n) is 19.3. The first kappa shape index (κ1) is 24.5. The number of alkyl halides is 3. The molecular formula is C22H17F3N8O3S2. The second-order valence-electron chi connectivity index (χ2n) is 8.63. The topological polar surface area (TPSA) is 131 Å². The molecule has 16 heteroatoms. The van der Waals surface area contributed by atoms with Crippen molar-refractivity contribution in [1.82, 2.24) is 35.2 Å². The molecule has 0 N–H and O–H groups in total. The number of hydrogen-bond acceptors (Lipinski definition) is 11. The number of anilines is 2. The van der Waals surface area contributed by atoms with E-state index in [1.54, 1.807) is 34.1 Å². The molecule has 38 heavy (non-hydrogen) atoms. The summed E-state index contributed by atoms with van der Waals surface area (Å²) in [5, 5.41) is 11.9. The molecule has 11 nitrogen and oxygen atoms in total. The lowest BCUT2D eigenvalue weighted by Crippen LogP contribution is -2.42. The average molecular weight is 563 g/mol. The van der Waals surface area contributed by atoms with Crippen LogP contribution in [0.2, 0.25) is 0 Å². The maximum atomic E-state index is 13.0. The van der Waals surface area contributed by atoms with Crippen LogP contribution in [-0.4, -0.2) is 68.9 Å². The molecule has 2 bridgehead atoms. The van der Waals surface area contributed by atoms with E-state index < -0.39 is 22.9 Å². The molecular weight excluding hydrogens is 545 g/mol. The van der Waals surface area contributed by atoms with Gasteiger partial charge in [-0.3, -0.25) is 14.0 Å². The number of hydrogen-bond donors (Lipinski definition) is 0. The largest absolute Gasteiger partial charge is 0.471 e. The summed E-state index contributed by atoms with van der Waals surface area (Å²) in [4.78, 5) is 29.4. The third-order valence-corrected chi connectivity index (χ3v) is 9.07. The van der Waals surface area contributed by atoms with Gasteiger partial charge in [-0.05, 0) is 30.7 Å². The molecule has 0 aliphatic carbocycles. The number of carbonyl (C=O) groups excluding carboxylic acids is 1. The number of halogens is 3. The van der Waals surface area contributed by atoms with Crippen LogP contribution in [0.25, 0.3) is 10.7 Å². The van der Waals surface area contributed by atoms with Crippen LogP contribution in [0.5, 0.6) is 0 Å². The van der Waals surface area contributed by atoms with Crippen LogP contribution < -0.4 is 4.90 Å². The van der Waals surface area contributed by atoms with E-state index in [0.29, 0.717) is 28.8 Å². The normalized spacial score (nSPS) is 20.7. The fourth-order valence-electron chi connectivity index (χ4n) is 4.41. The van der Waals surface area contributed by atoms with Crippen molar-refractivity contribution in [2.24, 2.45) is 0 Å². The first-order valence-corrected chi connectivity index (χ1v) is 13.5. The van der Waals surface area contributed by atoms with Gasteiger partial charge in [0.1, 0.15) is 0 Å². The van der Waals surface area contributed by atoms with E-state index >= 15 is 0 Å². The molecule has 4 aromatic heterocycles. The minimum atomic E-state index is -4.73. The lowest BCUT2D eigenvalue weighted by molar-refractivity contribution is -0.159. The standard InChI is InChI=1S/C22H17F3N8O3S2/c23-22(24,25)21-28-19(31-36-21)16-3-1-13(37-16)9-33(18-8-26-5-6-27-18)17-4-2-15(29-30-17)20(34)32-10-14-7-12(32)11-38(14)35/h1-6,8,12,14H,7,9-11H2/t12-,14-,38-/m0/s1. The summed E-state index contributed by atoms with van der Waals surface area (Å²) in [6.07, 6.45) is 0.578. The smallest absolute Gasteiger partial charge is 0.332 e. The predicted molar refractivity (Wildman–Crippen MR) is 129 cm³/mol. The zero-order chi connectivity index (χ0) is 26.4. The summed E-state index contributed by atoms with van der Waals surface area (Å²) in [5.74, 6) is -0.494. The van der Waals surface area contributed by atoms with Gasteiger partial charge in [-0.2, -0.15) is 18.2 Å². The van der Waals surface area contributed by atoms with E-state index in [1.807, 2.05) is 0 Å². The van der Waals surface area contributed by atoms with Gasteiger partial charge in [0.2, 0.25) is 5.82 Å². The lowest BCUT2D eigenvalue weighted by atomic mass is 10.2. The van der Waals surface area contributed by atoms with E-state index in [9.17, 15) is 22.2 Å². The highest BCUT2D eigenvalue weighted by Gasteiger charge is 2.45. The van der Waals surface area contributed by atoms with E-state index in [2.05, 4.69) is 34.8 Å². The van der Waals surface area contributed by atoms with Gasteiger partial charge < -0.3 is 14.3 Å². The summed E-state index contributed by atoms with van der Waals surface area (Å²) in [6.45, 7) is 0.688. The van der Waals surface area contributed by atoms with Crippen LogP contribution in [0.15, 0.2) is 47.4 Å². The fourth-order valence-corrected chi connectivity index (χ4v) is 7.07. The Labute approximate surface area is 219 Å². The highest BCUT2D eigenvalue weighted by Crippen LogP contribution is 2.34. The number of rotatable bonds is 6. The van der Waals surface area contributed by atoms with E-state index in [1.165, 1.54) is 29.9 Å². The Hall–Kier alpha value is -3.79. The van der Waals surface area contributed by atoms with Crippen molar-refractivity contribution >= 4 is 39.7 Å². The molecule has 3 atom stereocenters. The molecule has 6 rings (SSSR count). The third kappa shape index (κ3) is 4.64. The first-order valence-electron chi connectivity index (χ1n) is 11.3.